The largest absolute Gasteiger partial charge is 0.359 e. The summed E-state index contributed by atoms with van der Waals surface area (Å²) in [5, 5.41) is 7.31. The summed E-state index contributed by atoms with van der Waals surface area (Å²) in [4.78, 5) is 11.8. The van der Waals surface area contributed by atoms with E-state index < -0.39 is 0 Å². The van der Waals surface area contributed by atoms with Crippen LogP contribution in [0, 0.1) is 0 Å². The Balaban J connectivity index is 1.90. The van der Waals surface area contributed by atoms with Crippen LogP contribution < -0.4 is 5.32 Å². The molecule has 0 saturated carbocycles. The van der Waals surface area contributed by atoms with Crippen LogP contribution in [0.1, 0.15) is 35.2 Å². The van der Waals surface area contributed by atoms with Gasteiger partial charge in [-0.05, 0) is 30.7 Å². The topological polar surface area (TPSA) is 55.1 Å². The standard InChI is InChI=1S/C14H15ClN2O2/c1-2-3-12-8-13(19-17-12)9-16-14(18)10-4-6-11(15)7-5-10/h4-8H,2-3,9H2,1H3,(H,16,18). The molecular formula is C14H15ClN2O2. The maximum Gasteiger partial charge on any atom is 0.251 e. The quantitative estimate of drug-likeness (QED) is 0.914. The summed E-state index contributed by atoms with van der Waals surface area (Å²) in [5.41, 5.74) is 1.48. The van der Waals surface area contributed by atoms with Crippen LogP contribution in [0.3, 0.4) is 0 Å². The average molecular weight is 279 g/mol. The number of benzene rings is 1. The van der Waals surface area contributed by atoms with Gasteiger partial charge in [-0.25, -0.2) is 0 Å². The molecule has 100 valence electrons. The number of carbonyl (C=O) groups is 1. The van der Waals surface area contributed by atoms with Crippen molar-refractivity contribution in [3.8, 4) is 0 Å². The molecule has 0 unspecified atom stereocenters. The third-order valence-corrected chi connectivity index (χ3v) is 2.90. The van der Waals surface area contributed by atoms with Gasteiger partial charge in [-0.15, -0.1) is 0 Å². The number of aryl methyl sites for hydroxylation is 1. The van der Waals surface area contributed by atoms with E-state index in [1.165, 1.54) is 0 Å². The van der Waals surface area contributed by atoms with Crippen LogP contribution in [0.15, 0.2) is 34.9 Å². The van der Waals surface area contributed by atoms with Crippen LogP contribution in [0.25, 0.3) is 0 Å². The Morgan fingerprint density at radius 2 is 2.11 bits per heavy atom. The van der Waals surface area contributed by atoms with E-state index in [0.717, 1.165) is 18.5 Å². The zero-order valence-corrected chi connectivity index (χ0v) is 11.4. The molecule has 1 aromatic carbocycles. The lowest BCUT2D eigenvalue weighted by Gasteiger charge is -2.02. The molecule has 0 aliphatic heterocycles. The maximum absolute atomic E-state index is 11.8. The summed E-state index contributed by atoms with van der Waals surface area (Å²) in [6.07, 6.45) is 1.90. The molecule has 0 bridgehead atoms. The number of hydrogen-bond acceptors (Lipinski definition) is 3. The Bertz CT molecular complexity index is 549. The molecule has 0 aliphatic carbocycles. The summed E-state index contributed by atoms with van der Waals surface area (Å²) in [6.45, 7) is 2.41. The van der Waals surface area contributed by atoms with E-state index in [0.29, 0.717) is 22.9 Å². The zero-order chi connectivity index (χ0) is 13.7. The van der Waals surface area contributed by atoms with Crippen molar-refractivity contribution in [2.24, 2.45) is 0 Å². The molecule has 0 atom stereocenters. The van der Waals surface area contributed by atoms with Crippen LogP contribution in [-0.4, -0.2) is 11.1 Å². The SMILES string of the molecule is CCCc1cc(CNC(=O)c2ccc(Cl)cc2)on1. The number of carbonyl (C=O) groups excluding carboxylic acids is 1. The fourth-order valence-corrected chi connectivity index (χ4v) is 1.81. The molecule has 2 rings (SSSR count). The number of amides is 1. The van der Waals surface area contributed by atoms with Crippen LogP contribution in [0.2, 0.25) is 5.02 Å². The molecule has 1 N–H and O–H groups in total. The van der Waals surface area contributed by atoms with E-state index in [2.05, 4.69) is 17.4 Å². The highest BCUT2D eigenvalue weighted by Crippen LogP contribution is 2.10. The first-order valence-corrected chi connectivity index (χ1v) is 6.55. The first-order chi connectivity index (χ1) is 9.19. The van der Waals surface area contributed by atoms with Gasteiger partial charge in [-0.2, -0.15) is 0 Å². The van der Waals surface area contributed by atoms with E-state index >= 15 is 0 Å². The van der Waals surface area contributed by atoms with Crippen molar-refractivity contribution in [3.05, 3.63) is 52.4 Å². The summed E-state index contributed by atoms with van der Waals surface area (Å²) >= 11 is 5.77. The molecule has 0 fully saturated rings. The maximum atomic E-state index is 11.8. The molecule has 0 saturated heterocycles. The van der Waals surface area contributed by atoms with Gasteiger partial charge in [0.2, 0.25) is 0 Å². The van der Waals surface area contributed by atoms with Crippen LogP contribution in [0.5, 0.6) is 0 Å². The van der Waals surface area contributed by atoms with Gasteiger partial charge in [0.25, 0.3) is 5.91 Å². The van der Waals surface area contributed by atoms with Gasteiger partial charge in [0.15, 0.2) is 5.76 Å². The molecule has 1 amide bonds. The van der Waals surface area contributed by atoms with E-state index in [9.17, 15) is 4.79 Å². The van der Waals surface area contributed by atoms with Crippen molar-refractivity contribution >= 4 is 17.5 Å². The number of hydrogen-bond donors (Lipinski definition) is 1. The van der Waals surface area contributed by atoms with Crippen LogP contribution in [0.4, 0.5) is 0 Å². The fraction of sp³-hybridized carbons (Fsp3) is 0.286. The molecule has 0 aliphatic rings. The Hall–Kier alpha value is -1.81. The van der Waals surface area contributed by atoms with E-state index in [4.69, 9.17) is 16.1 Å². The predicted octanol–water partition coefficient (Wildman–Crippen LogP) is 3.21. The van der Waals surface area contributed by atoms with Gasteiger partial charge in [-0.3, -0.25) is 4.79 Å². The van der Waals surface area contributed by atoms with Crippen LogP contribution >= 0.6 is 11.6 Å². The van der Waals surface area contributed by atoms with Gasteiger partial charge < -0.3 is 9.84 Å². The molecular weight excluding hydrogens is 264 g/mol. The number of halogens is 1. The lowest BCUT2D eigenvalue weighted by atomic mass is 10.2. The number of rotatable bonds is 5. The third-order valence-electron chi connectivity index (χ3n) is 2.64. The second kappa shape index (κ2) is 6.38. The minimum Gasteiger partial charge on any atom is -0.359 e. The zero-order valence-electron chi connectivity index (χ0n) is 10.6. The predicted molar refractivity (Wildman–Crippen MR) is 73.1 cm³/mol. The molecule has 1 aromatic heterocycles. The van der Waals surface area contributed by atoms with Crippen LogP contribution in [-0.2, 0) is 13.0 Å². The highest BCUT2D eigenvalue weighted by atomic mass is 35.5. The Morgan fingerprint density at radius 3 is 2.79 bits per heavy atom. The van der Waals surface area contributed by atoms with Gasteiger partial charge in [-0.1, -0.05) is 30.1 Å². The molecule has 1 heterocycles. The molecule has 2 aromatic rings. The highest BCUT2D eigenvalue weighted by molar-refractivity contribution is 6.30. The Morgan fingerprint density at radius 1 is 1.37 bits per heavy atom. The normalized spacial score (nSPS) is 10.4. The summed E-state index contributed by atoms with van der Waals surface area (Å²) in [5.74, 6) is 0.496. The first kappa shape index (κ1) is 13.6. The molecule has 4 nitrogen and oxygen atoms in total. The number of nitrogens with zero attached hydrogens (tertiary/aromatic N) is 1. The van der Waals surface area contributed by atoms with E-state index in [1.54, 1.807) is 24.3 Å². The van der Waals surface area contributed by atoms with Crippen molar-refractivity contribution in [3.63, 3.8) is 0 Å². The van der Waals surface area contributed by atoms with Crippen molar-refractivity contribution in [1.29, 1.82) is 0 Å². The fourth-order valence-electron chi connectivity index (χ4n) is 1.68. The monoisotopic (exact) mass is 278 g/mol. The highest BCUT2D eigenvalue weighted by Gasteiger charge is 2.08. The Kier molecular flexibility index (Phi) is 4.58. The van der Waals surface area contributed by atoms with Crippen molar-refractivity contribution < 1.29 is 9.32 Å². The third kappa shape index (κ3) is 3.83. The summed E-state index contributed by atoms with van der Waals surface area (Å²) < 4.78 is 5.14. The van der Waals surface area contributed by atoms with Gasteiger partial charge in [0.1, 0.15) is 0 Å². The van der Waals surface area contributed by atoms with Crippen molar-refractivity contribution in [2.45, 2.75) is 26.3 Å². The average Bonchev–Trinajstić information content (AvgIpc) is 2.85. The van der Waals surface area contributed by atoms with Gasteiger partial charge in [0, 0.05) is 16.7 Å². The molecule has 19 heavy (non-hydrogen) atoms. The smallest absolute Gasteiger partial charge is 0.251 e. The second-order valence-corrected chi connectivity index (χ2v) is 4.66. The van der Waals surface area contributed by atoms with Crippen molar-refractivity contribution in [1.82, 2.24) is 10.5 Å². The molecule has 0 spiro atoms. The number of aromatic nitrogens is 1. The Labute approximate surface area is 116 Å². The van der Waals surface area contributed by atoms with Gasteiger partial charge >= 0.3 is 0 Å². The van der Waals surface area contributed by atoms with Crippen molar-refractivity contribution in [2.75, 3.05) is 0 Å². The number of nitrogens with one attached hydrogen (secondary N) is 1. The van der Waals surface area contributed by atoms with E-state index in [-0.39, 0.29) is 5.91 Å². The summed E-state index contributed by atoms with van der Waals surface area (Å²) in [7, 11) is 0. The molecule has 0 radical (unpaired) electrons. The minimum absolute atomic E-state index is 0.162. The lowest BCUT2D eigenvalue weighted by Crippen LogP contribution is -2.22. The molecule has 5 heteroatoms. The van der Waals surface area contributed by atoms with E-state index in [1.807, 2.05) is 6.07 Å². The minimum atomic E-state index is -0.162. The second-order valence-electron chi connectivity index (χ2n) is 4.22. The first-order valence-electron chi connectivity index (χ1n) is 6.17. The summed E-state index contributed by atoms with van der Waals surface area (Å²) in [6, 6.07) is 8.60. The lowest BCUT2D eigenvalue weighted by molar-refractivity contribution is 0.0947. The van der Waals surface area contributed by atoms with Gasteiger partial charge in [0.05, 0.1) is 12.2 Å².